The van der Waals surface area contributed by atoms with E-state index in [0.29, 0.717) is 6.07 Å². The van der Waals surface area contributed by atoms with Gasteiger partial charge in [-0.3, -0.25) is 4.99 Å². The summed E-state index contributed by atoms with van der Waals surface area (Å²) in [7, 11) is 0.922. The van der Waals surface area contributed by atoms with Crippen molar-refractivity contribution in [2.75, 3.05) is 13.4 Å². The number of carbonyl (C=O) groups is 1. The van der Waals surface area contributed by atoms with Gasteiger partial charge in [-0.2, -0.15) is 4.39 Å². The molecular weight excluding hydrogens is 347 g/mol. The molecule has 0 bridgehead atoms. The molecule has 1 saturated carbocycles. The molecule has 5 nitrogen and oxygen atoms in total. The van der Waals surface area contributed by atoms with Crippen LogP contribution in [0.15, 0.2) is 16.6 Å². The Morgan fingerprint density at radius 3 is 2.38 bits per heavy atom. The number of methoxy groups -OCH3 is 1. The van der Waals surface area contributed by atoms with E-state index >= 15 is 0 Å². The van der Waals surface area contributed by atoms with E-state index in [0.717, 1.165) is 31.7 Å². The third-order valence-corrected chi connectivity index (χ3v) is 3.98. The van der Waals surface area contributed by atoms with Crippen molar-refractivity contribution in [2.45, 2.75) is 18.9 Å². The zero-order chi connectivity index (χ0) is 18.0. The molecule has 1 aliphatic carbocycles. The number of aliphatic carboxylic acids is 1. The third-order valence-electron chi connectivity index (χ3n) is 3.28. The lowest BCUT2D eigenvalue weighted by atomic mass is 10.1. The maximum absolute atomic E-state index is 14.3. The van der Waals surface area contributed by atoms with Gasteiger partial charge in [-0.05, 0) is 25.2 Å². The number of carboxylic acid groups (broad SMARTS) is 1. The van der Waals surface area contributed by atoms with Crippen molar-refractivity contribution in [3.05, 3.63) is 34.7 Å². The standard InChI is InChI=1S/C15H14F3NO4S/c1-23-13-10(17)7(5-8(16)11(13)18)12(20)9(15(21)22)14(24-2)19-6-3-4-6/h5-6,20H,3-4H2,1-2H3,(H,21,22). The number of nitrogens with zero attached hydrogens (tertiary/aromatic N) is 1. The second-order valence-corrected chi connectivity index (χ2v) is 5.76. The van der Waals surface area contributed by atoms with Crippen LogP contribution in [0.1, 0.15) is 18.4 Å². The van der Waals surface area contributed by atoms with Gasteiger partial charge >= 0.3 is 5.97 Å². The summed E-state index contributed by atoms with van der Waals surface area (Å²) >= 11 is 0.951. The number of hydrogen-bond acceptors (Lipinski definition) is 5. The van der Waals surface area contributed by atoms with Crippen molar-refractivity contribution >= 4 is 28.5 Å². The Bertz CT molecular complexity index is 745. The summed E-state index contributed by atoms with van der Waals surface area (Å²) in [5.74, 6) is -8.12. The zero-order valence-corrected chi connectivity index (χ0v) is 13.6. The average Bonchev–Trinajstić information content (AvgIpc) is 3.34. The van der Waals surface area contributed by atoms with Crippen molar-refractivity contribution in [3.63, 3.8) is 0 Å². The summed E-state index contributed by atoms with van der Waals surface area (Å²) in [6, 6.07) is 0.319. The molecule has 0 atom stereocenters. The number of aliphatic hydroxyl groups excluding tert-OH is 1. The summed E-state index contributed by atoms with van der Waals surface area (Å²) in [6.45, 7) is 0. The van der Waals surface area contributed by atoms with Crippen molar-refractivity contribution in [1.29, 1.82) is 0 Å². The third kappa shape index (κ3) is 3.50. The van der Waals surface area contributed by atoms with E-state index in [9.17, 15) is 28.2 Å². The SMILES string of the molecule is COc1c(F)c(F)cc(C(O)=C(C(=O)O)C(=NC2CC2)SC)c1F. The minimum absolute atomic E-state index is 0.0226. The summed E-state index contributed by atoms with van der Waals surface area (Å²) in [5, 5.41) is 19.5. The lowest BCUT2D eigenvalue weighted by Gasteiger charge is -2.12. The summed E-state index contributed by atoms with van der Waals surface area (Å²) < 4.78 is 45.8. The van der Waals surface area contributed by atoms with E-state index < -0.39 is 46.1 Å². The quantitative estimate of drug-likeness (QED) is 0.276. The van der Waals surface area contributed by atoms with Crippen LogP contribution in [-0.2, 0) is 4.79 Å². The molecule has 130 valence electrons. The van der Waals surface area contributed by atoms with Crippen molar-refractivity contribution < 1.29 is 32.9 Å². The van der Waals surface area contributed by atoms with Crippen LogP contribution in [0.5, 0.6) is 5.75 Å². The second kappa shape index (κ2) is 7.16. The molecule has 1 aromatic rings. The highest BCUT2D eigenvalue weighted by Gasteiger charge is 2.29. The number of halogens is 3. The average molecular weight is 361 g/mol. The Kier molecular flexibility index (Phi) is 5.43. The zero-order valence-electron chi connectivity index (χ0n) is 12.8. The fourth-order valence-corrected chi connectivity index (χ4v) is 2.59. The molecule has 0 spiro atoms. The Hall–Kier alpha value is -2.16. The fourth-order valence-electron chi connectivity index (χ4n) is 1.95. The van der Waals surface area contributed by atoms with Crippen LogP contribution in [0.4, 0.5) is 13.2 Å². The molecule has 2 rings (SSSR count). The molecular formula is C15H14F3NO4S. The first kappa shape index (κ1) is 18.2. The second-order valence-electron chi connectivity index (χ2n) is 4.97. The van der Waals surface area contributed by atoms with Gasteiger partial charge in [0.1, 0.15) is 16.4 Å². The van der Waals surface area contributed by atoms with E-state index in [1.807, 2.05) is 0 Å². The number of thioether (sulfide) groups is 1. The van der Waals surface area contributed by atoms with Gasteiger partial charge < -0.3 is 14.9 Å². The molecule has 0 radical (unpaired) electrons. The molecule has 9 heteroatoms. The smallest absolute Gasteiger partial charge is 0.342 e. The lowest BCUT2D eigenvalue weighted by molar-refractivity contribution is -0.132. The van der Waals surface area contributed by atoms with E-state index in [4.69, 9.17) is 0 Å². The lowest BCUT2D eigenvalue weighted by Crippen LogP contribution is -2.14. The maximum Gasteiger partial charge on any atom is 0.342 e. The van der Waals surface area contributed by atoms with Gasteiger partial charge in [0.15, 0.2) is 17.4 Å². The normalized spacial score (nSPS) is 16.0. The van der Waals surface area contributed by atoms with Crippen LogP contribution in [0.2, 0.25) is 0 Å². The molecule has 1 aliphatic rings. The Morgan fingerprint density at radius 2 is 1.92 bits per heavy atom. The monoisotopic (exact) mass is 361 g/mol. The molecule has 2 N–H and O–H groups in total. The molecule has 1 aromatic carbocycles. The van der Waals surface area contributed by atoms with Crippen LogP contribution in [-0.4, -0.2) is 40.6 Å². The minimum atomic E-state index is -1.57. The van der Waals surface area contributed by atoms with Crippen molar-refractivity contribution in [1.82, 2.24) is 0 Å². The summed E-state index contributed by atoms with van der Waals surface area (Å²) in [5.41, 5.74) is -1.50. The molecule has 24 heavy (non-hydrogen) atoms. The summed E-state index contributed by atoms with van der Waals surface area (Å²) in [4.78, 5) is 15.6. The van der Waals surface area contributed by atoms with Gasteiger partial charge in [0.25, 0.3) is 0 Å². The van der Waals surface area contributed by atoms with E-state index in [1.165, 1.54) is 0 Å². The maximum atomic E-state index is 14.3. The van der Waals surface area contributed by atoms with Gasteiger partial charge in [-0.25, -0.2) is 13.6 Å². The number of benzene rings is 1. The van der Waals surface area contributed by atoms with Crippen LogP contribution < -0.4 is 4.74 Å². The van der Waals surface area contributed by atoms with Gasteiger partial charge in [0, 0.05) is 0 Å². The van der Waals surface area contributed by atoms with Gasteiger partial charge in [-0.15, -0.1) is 11.8 Å². The first-order valence-corrected chi connectivity index (χ1v) is 8.04. The Labute approximate surface area is 139 Å². The number of aliphatic hydroxyl groups is 1. The number of carboxylic acids is 1. The minimum Gasteiger partial charge on any atom is -0.506 e. The number of rotatable bonds is 5. The van der Waals surface area contributed by atoms with Crippen molar-refractivity contribution in [3.8, 4) is 5.75 Å². The molecule has 0 unspecified atom stereocenters. The van der Waals surface area contributed by atoms with Crippen molar-refractivity contribution in [2.24, 2.45) is 4.99 Å². The number of hydrogen-bond donors (Lipinski definition) is 2. The topological polar surface area (TPSA) is 79.1 Å². The molecule has 0 heterocycles. The first-order chi connectivity index (χ1) is 11.3. The molecule has 0 saturated heterocycles. The highest BCUT2D eigenvalue weighted by Crippen LogP contribution is 2.33. The highest BCUT2D eigenvalue weighted by molar-refractivity contribution is 8.14. The van der Waals surface area contributed by atoms with Gasteiger partial charge in [0.2, 0.25) is 5.82 Å². The number of aliphatic imine (C=N–C) groups is 1. The van der Waals surface area contributed by atoms with Crippen LogP contribution in [0, 0.1) is 17.5 Å². The van der Waals surface area contributed by atoms with Gasteiger partial charge in [-0.1, -0.05) is 0 Å². The Morgan fingerprint density at radius 1 is 1.29 bits per heavy atom. The van der Waals surface area contributed by atoms with Crippen LogP contribution in [0.3, 0.4) is 0 Å². The van der Waals surface area contributed by atoms with Gasteiger partial charge in [0.05, 0.1) is 18.7 Å². The molecule has 0 amide bonds. The van der Waals surface area contributed by atoms with Crippen LogP contribution >= 0.6 is 11.8 Å². The molecule has 1 fully saturated rings. The molecule has 0 aromatic heterocycles. The first-order valence-electron chi connectivity index (χ1n) is 6.82. The largest absolute Gasteiger partial charge is 0.506 e. The van der Waals surface area contributed by atoms with E-state index in [2.05, 4.69) is 9.73 Å². The predicted molar refractivity (Wildman–Crippen MR) is 84.0 cm³/mol. The fraction of sp³-hybridized carbons (Fsp3) is 0.333. The highest BCUT2D eigenvalue weighted by atomic mass is 32.2. The van der Waals surface area contributed by atoms with E-state index in [1.54, 1.807) is 6.26 Å². The van der Waals surface area contributed by atoms with E-state index in [-0.39, 0.29) is 11.1 Å². The number of ether oxygens (including phenoxy) is 1. The molecule has 0 aliphatic heterocycles. The summed E-state index contributed by atoms with van der Waals surface area (Å²) in [6.07, 6.45) is 3.11. The van der Waals surface area contributed by atoms with Crippen LogP contribution in [0.25, 0.3) is 5.76 Å². The predicted octanol–water partition coefficient (Wildman–Crippen LogP) is 3.39. The Balaban J connectivity index is 2.68.